The first-order valence-corrected chi connectivity index (χ1v) is 8.26. The summed E-state index contributed by atoms with van der Waals surface area (Å²) < 4.78 is 39.6. The van der Waals surface area contributed by atoms with Crippen LogP contribution in [0.25, 0.3) is 0 Å². The minimum absolute atomic E-state index is 0.00340. The third-order valence-corrected chi connectivity index (χ3v) is 4.42. The number of hydrogen-bond acceptors (Lipinski definition) is 3. The highest BCUT2D eigenvalue weighted by atomic mass is 19.4. The molecule has 1 saturated carbocycles. The molecule has 7 nitrogen and oxygen atoms in total. The number of imidazole rings is 1. The Hall–Kier alpha value is -2.26. The lowest BCUT2D eigenvalue weighted by Crippen LogP contribution is -2.45. The van der Waals surface area contributed by atoms with E-state index in [2.05, 4.69) is 10.3 Å². The van der Waals surface area contributed by atoms with Gasteiger partial charge in [-0.15, -0.1) is 0 Å². The van der Waals surface area contributed by atoms with Crippen LogP contribution in [0.5, 0.6) is 0 Å². The van der Waals surface area contributed by atoms with E-state index in [0.29, 0.717) is 25.6 Å². The monoisotopic (exact) mass is 359 g/mol. The van der Waals surface area contributed by atoms with E-state index in [-0.39, 0.29) is 25.7 Å². The predicted octanol–water partition coefficient (Wildman–Crippen LogP) is 1.52. The summed E-state index contributed by atoms with van der Waals surface area (Å²) in [6.45, 7) is 0.588. The van der Waals surface area contributed by atoms with Crippen LogP contribution in [0, 0.1) is 0 Å². The van der Waals surface area contributed by atoms with E-state index < -0.39 is 12.1 Å². The number of nitrogens with zero attached hydrogens (tertiary/aromatic N) is 4. The standard InChI is InChI=1S/C15H20F3N5O2/c16-15(17,18)13(24)21-4-1-5-22(7-6-21)14(25)20-9-12-8-19-10-23(12)11-2-3-11/h8,10-11H,1-7,9H2,(H,20,25). The molecule has 1 N–H and O–H groups in total. The zero-order valence-corrected chi connectivity index (χ0v) is 13.6. The molecule has 10 heteroatoms. The molecule has 138 valence electrons. The Morgan fingerprint density at radius 1 is 1.16 bits per heavy atom. The van der Waals surface area contributed by atoms with E-state index in [4.69, 9.17) is 0 Å². The molecule has 1 aliphatic heterocycles. The molecule has 3 amide bonds. The van der Waals surface area contributed by atoms with Crippen LogP contribution in [0.2, 0.25) is 0 Å². The van der Waals surface area contributed by atoms with E-state index in [1.807, 2.05) is 4.57 Å². The number of nitrogens with one attached hydrogen (secondary N) is 1. The topological polar surface area (TPSA) is 70.5 Å². The highest BCUT2D eigenvalue weighted by molar-refractivity contribution is 5.82. The van der Waals surface area contributed by atoms with Gasteiger partial charge in [0, 0.05) is 38.4 Å². The summed E-state index contributed by atoms with van der Waals surface area (Å²) in [5, 5.41) is 2.78. The maximum Gasteiger partial charge on any atom is 0.471 e. The van der Waals surface area contributed by atoms with Gasteiger partial charge in [-0.1, -0.05) is 0 Å². The summed E-state index contributed by atoms with van der Waals surface area (Å²) in [5.41, 5.74) is 0.902. The van der Waals surface area contributed by atoms with Crippen molar-refractivity contribution in [3.05, 3.63) is 18.2 Å². The molecule has 0 bridgehead atoms. The largest absolute Gasteiger partial charge is 0.471 e. The molecule has 1 aliphatic carbocycles. The fourth-order valence-electron chi connectivity index (χ4n) is 2.93. The number of alkyl halides is 3. The van der Waals surface area contributed by atoms with Crippen molar-refractivity contribution in [3.63, 3.8) is 0 Å². The van der Waals surface area contributed by atoms with Crippen molar-refractivity contribution < 1.29 is 22.8 Å². The fraction of sp³-hybridized carbons (Fsp3) is 0.667. The molecule has 0 radical (unpaired) electrons. The molecule has 1 aromatic heterocycles. The number of hydrogen-bond donors (Lipinski definition) is 1. The number of rotatable bonds is 3. The Kier molecular flexibility index (Phi) is 4.87. The van der Waals surface area contributed by atoms with Crippen molar-refractivity contribution in [1.82, 2.24) is 24.7 Å². The van der Waals surface area contributed by atoms with Crippen molar-refractivity contribution >= 4 is 11.9 Å². The first-order valence-electron chi connectivity index (χ1n) is 8.26. The minimum Gasteiger partial charge on any atom is -0.333 e. The molecule has 25 heavy (non-hydrogen) atoms. The smallest absolute Gasteiger partial charge is 0.333 e. The van der Waals surface area contributed by atoms with Crippen molar-refractivity contribution in [1.29, 1.82) is 0 Å². The molecular formula is C15H20F3N5O2. The van der Waals surface area contributed by atoms with E-state index in [0.717, 1.165) is 23.4 Å². The third kappa shape index (κ3) is 4.23. The van der Waals surface area contributed by atoms with Gasteiger partial charge in [-0.3, -0.25) is 4.79 Å². The molecule has 1 aromatic rings. The maximum absolute atomic E-state index is 12.5. The number of carbonyl (C=O) groups excluding carboxylic acids is 2. The van der Waals surface area contributed by atoms with Gasteiger partial charge in [0.25, 0.3) is 0 Å². The van der Waals surface area contributed by atoms with Gasteiger partial charge >= 0.3 is 18.1 Å². The maximum atomic E-state index is 12.5. The average molecular weight is 359 g/mol. The van der Waals surface area contributed by atoms with Crippen molar-refractivity contribution in [2.75, 3.05) is 26.2 Å². The highest BCUT2D eigenvalue weighted by Crippen LogP contribution is 2.35. The minimum atomic E-state index is -4.88. The van der Waals surface area contributed by atoms with Crippen LogP contribution in [0.15, 0.2) is 12.5 Å². The normalized spacial score (nSPS) is 18.8. The number of urea groups is 1. The van der Waals surface area contributed by atoms with E-state index in [1.165, 1.54) is 4.90 Å². The molecule has 2 fully saturated rings. The van der Waals surface area contributed by atoms with Crippen molar-refractivity contribution in [3.8, 4) is 0 Å². The van der Waals surface area contributed by atoms with Crippen LogP contribution in [-0.2, 0) is 11.3 Å². The van der Waals surface area contributed by atoms with Gasteiger partial charge in [0.2, 0.25) is 0 Å². The third-order valence-electron chi connectivity index (χ3n) is 4.42. The SMILES string of the molecule is O=C(NCc1cncn1C1CC1)N1CCCN(C(=O)C(F)(F)F)CC1. The molecule has 0 unspecified atom stereocenters. The van der Waals surface area contributed by atoms with Crippen LogP contribution in [0.4, 0.5) is 18.0 Å². The molecule has 1 saturated heterocycles. The second kappa shape index (κ2) is 6.93. The van der Waals surface area contributed by atoms with Gasteiger partial charge in [-0.05, 0) is 19.3 Å². The second-order valence-electron chi connectivity index (χ2n) is 6.31. The molecule has 2 heterocycles. The number of aromatic nitrogens is 2. The van der Waals surface area contributed by atoms with Gasteiger partial charge < -0.3 is 19.7 Å². The molecule has 0 spiro atoms. The first-order chi connectivity index (χ1) is 11.9. The van der Waals surface area contributed by atoms with Crippen molar-refractivity contribution in [2.24, 2.45) is 0 Å². The average Bonchev–Trinajstić information content (AvgIpc) is 3.34. The van der Waals surface area contributed by atoms with E-state index >= 15 is 0 Å². The number of halogens is 3. The van der Waals surface area contributed by atoms with Crippen LogP contribution < -0.4 is 5.32 Å². The summed E-state index contributed by atoms with van der Waals surface area (Å²) in [4.78, 5) is 29.9. The quantitative estimate of drug-likeness (QED) is 0.890. The summed E-state index contributed by atoms with van der Waals surface area (Å²) >= 11 is 0. The molecule has 3 rings (SSSR count). The van der Waals surface area contributed by atoms with Crippen LogP contribution in [0.3, 0.4) is 0 Å². The Balaban J connectivity index is 1.51. The lowest BCUT2D eigenvalue weighted by molar-refractivity contribution is -0.185. The Bertz CT molecular complexity index is 641. The highest BCUT2D eigenvalue weighted by Gasteiger charge is 2.42. The fourth-order valence-corrected chi connectivity index (χ4v) is 2.93. The van der Waals surface area contributed by atoms with E-state index in [9.17, 15) is 22.8 Å². The van der Waals surface area contributed by atoms with E-state index in [1.54, 1.807) is 12.5 Å². The lowest BCUT2D eigenvalue weighted by atomic mass is 10.3. The molecule has 2 aliphatic rings. The van der Waals surface area contributed by atoms with Gasteiger partial charge in [-0.2, -0.15) is 13.2 Å². The summed E-state index contributed by atoms with van der Waals surface area (Å²) in [6, 6.07) is 0.111. The molecular weight excluding hydrogens is 339 g/mol. The predicted molar refractivity (Wildman–Crippen MR) is 81.6 cm³/mol. The van der Waals surface area contributed by atoms with Gasteiger partial charge in [-0.25, -0.2) is 9.78 Å². The second-order valence-corrected chi connectivity index (χ2v) is 6.31. The molecule has 0 aromatic carbocycles. The number of carbonyl (C=O) groups is 2. The summed E-state index contributed by atoms with van der Waals surface area (Å²) in [6.07, 6.45) is 1.09. The Morgan fingerprint density at radius 3 is 2.52 bits per heavy atom. The van der Waals surface area contributed by atoms with Gasteiger partial charge in [0.15, 0.2) is 0 Å². The number of amides is 3. The Morgan fingerprint density at radius 2 is 1.84 bits per heavy atom. The van der Waals surface area contributed by atoms with Crippen LogP contribution in [0.1, 0.15) is 31.0 Å². The van der Waals surface area contributed by atoms with Crippen LogP contribution >= 0.6 is 0 Å². The van der Waals surface area contributed by atoms with Crippen molar-refractivity contribution in [2.45, 2.75) is 38.0 Å². The zero-order chi connectivity index (χ0) is 18.0. The van der Waals surface area contributed by atoms with Gasteiger partial charge in [0.05, 0.1) is 18.6 Å². The lowest BCUT2D eigenvalue weighted by Gasteiger charge is -2.23. The summed E-state index contributed by atoms with van der Waals surface area (Å²) in [7, 11) is 0. The Labute approximate surface area is 142 Å². The molecule has 0 atom stereocenters. The summed E-state index contributed by atoms with van der Waals surface area (Å²) in [5.74, 6) is -1.84. The first kappa shape index (κ1) is 17.6. The zero-order valence-electron chi connectivity index (χ0n) is 13.6. The van der Waals surface area contributed by atoms with Gasteiger partial charge in [0.1, 0.15) is 0 Å². The van der Waals surface area contributed by atoms with Crippen LogP contribution in [-0.4, -0.2) is 63.6 Å².